The lowest BCUT2D eigenvalue weighted by Crippen LogP contribution is -2.18. The predicted molar refractivity (Wildman–Crippen MR) is 56.4 cm³/mol. The number of unbranched alkanes of at least 4 members (excludes halogenated alkanes) is 1. The first-order valence-electron chi connectivity index (χ1n) is 5.19. The first kappa shape index (κ1) is 11.7. The maximum atomic E-state index is 3.45. The van der Waals surface area contributed by atoms with Gasteiger partial charge in [0.05, 0.1) is 0 Å². The normalized spacial score (nSPS) is 12.1. The van der Waals surface area contributed by atoms with Crippen molar-refractivity contribution in [2.24, 2.45) is 0 Å². The molecule has 0 aromatic heterocycles. The highest BCUT2D eigenvalue weighted by Crippen LogP contribution is 2.02. The van der Waals surface area contributed by atoms with Gasteiger partial charge in [-0.05, 0) is 26.3 Å². The average molecular weight is 169 g/mol. The molecule has 0 saturated carbocycles. The fourth-order valence-corrected chi connectivity index (χ4v) is 1.21. The molecule has 0 bridgehead atoms. The molecule has 0 aliphatic carbocycles. The molecule has 1 nitrogen and oxygen atoms in total. The molecule has 0 radical (unpaired) electrons. The molecule has 0 amide bonds. The molecular weight excluding hydrogens is 146 g/mol. The third-order valence-corrected chi connectivity index (χ3v) is 2.04. The van der Waals surface area contributed by atoms with Gasteiger partial charge in [0.25, 0.3) is 0 Å². The van der Waals surface area contributed by atoms with Gasteiger partial charge in [-0.15, -0.1) is 0 Å². The van der Waals surface area contributed by atoms with Gasteiger partial charge in [0.1, 0.15) is 0 Å². The molecule has 0 saturated heterocycles. The molecule has 0 heterocycles. The Bertz CT molecular complexity index is 116. The minimum absolute atomic E-state index is 1.09. The highest BCUT2D eigenvalue weighted by Gasteiger charge is 1.93. The van der Waals surface area contributed by atoms with E-state index in [-0.39, 0.29) is 0 Å². The van der Waals surface area contributed by atoms with Crippen LogP contribution in [0.25, 0.3) is 0 Å². The number of rotatable bonds is 7. The van der Waals surface area contributed by atoms with Gasteiger partial charge < -0.3 is 5.32 Å². The lowest BCUT2D eigenvalue weighted by atomic mass is 10.1. The van der Waals surface area contributed by atoms with Crippen LogP contribution in [0, 0.1) is 0 Å². The van der Waals surface area contributed by atoms with E-state index in [4.69, 9.17) is 0 Å². The van der Waals surface area contributed by atoms with Crippen molar-refractivity contribution < 1.29 is 0 Å². The van der Waals surface area contributed by atoms with Gasteiger partial charge in [-0.25, -0.2) is 0 Å². The van der Waals surface area contributed by atoms with E-state index in [9.17, 15) is 0 Å². The van der Waals surface area contributed by atoms with E-state index in [1.165, 1.54) is 25.7 Å². The van der Waals surface area contributed by atoms with Gasteiger partial charge in [0.15, 0.2) is 0 Å². The van der Waals surface area contributed by atoms with Crippen LogP contribution in [0.5, 0.6) is 0 Å². The maximum Gasteiger partial charge on any atom is 0.0164 e. The first-order valence-corrected chi connectivity index (χ1v) is 5.19. The number of nitrogens with one attached hydrogen (secondary N) is 1. The topological polar surface area (TPSA) is 12.0 Å². The van der Waals surface area contributed by atoms with E-state index in [1.54, 1.807) is 5.57 Å². The van der Waals surface area contributed by atoms with Crippen LogP contribution < -0.4 is 5.32 Å². The Morgan fingerprint density at radius 1 is 1.25 bits per heavy atom. The summed E-state index contributed by atoms with van der Waals surface area (Å²) in [6, 6.07) is 0. The fraction of sp³-hybridized carbons (Fsp3) is 0.818. The van der Waals surface area contributed by atoms with Crippen LogP contribution in [0.15, 0.2) is 11.6 Å². The Balaban J connectivity index is 3.33. The van der Waals surface area contributed by atoms with Gasteiger partial charge in [0.2, 0.25) is 0 Å². The van der Waals surface area contributed by atoms with Crippen LogP contribution in [-0.4, -0.2) is 13.1 Å². The molecule has 0 fully saturated rings. The minimum atomic E-state index is 1.09. The molecule has 0 unspecified atom stereocenters. The molecule has 1 N–H and O–H groups in total. The third-order valence-electron chi connectivity index (χ3n) is 2.04. The van der Waals surface area contributed by atoms with Crippen molar-refractivity contribution in [1.29, 1.82) is 0 Å². The summed E-state index contributed by atoms with van der Waals surface area (Å²) in [5, 5.41) is 3.45. The number of allylic oxidation sites excluding steroid dienone is 1. The summed E-state index contributed by atoms with van der Waals surface area (Å²) in [7, 11) is 0. The first-order chi connectivity index (χ1) is 5.85. The van der Waals surface area contributed by atoms with E-state index >= 15 is 0 Å². The van der Waals surface area contributed by atoms with Gasteiger partial charge in [-0.1, -0.05) is 38.3 Å². The van der Waals surface area contributed by atoms with Crippen molar-refractivity contribution in [2.45, 2.75) is 46.5 Å². The molecule has 0 aromatic carbocycles. The van der Waals surface area contributed by atoms with E-state index in [0.717, 1.165) is 13.1 Å². The lowest BCUT2D eigenvalue weighted by Gasteiger charge is -2.06. The zero-order chi connectivity index (χ0) is 9.23. The van der Waals surface area contributed by atoms with Crippen LogP contribution in [-0.2, 0) is 0 Å². The Morgan fingerprint density at radius 3 is 2.50 bits per heavy atom. The number of hydrogen-bond acceptors (Lipinski definition) is 1. The maximum absolute atomic E-state index is 3.45. The van der Waals surface area contributed by atoms with E-state index in [2.05, 4.69) is 32.2 Å². The van der Waals surface area contributed by atoms with Crippen molar-refractivity contribution in [3.05, 3.63) is 11.6 Å². The second kappa shape index (κ2) is 8.79. The highest BCUT2D eigenvalue weighted by atomic mass is 14.8. The third kappa shape index (κ3) is 6.41. The van der Waals surface area contributed by atoms with E-state index in [0.29, 0.717) is 0 Å². The van der Waals surface area contributed by atoms with Crippen molar-refractivity contribution >= 4 is 0 Å². The molecule has 0 rings (SSSR count). The van der Waals surface area contributed by atoms with Crippen molar-refractivity contribution in [1.82, 2.24) is 5.32 Å². The molecule has 0 aliphatic heterocycles. The van der Waals surface area contributed by atoms with Gasteiger partial charge in [-0.2, -0.15) is 0 Å². The standard InChI is InChI=1S/C11H23N/c1-4-7-9-12-10-11(6-3)8-5-2/h6,12H,4-5,7-10H2,1-3H3/b11-6+. The van der Waals surface area contributed by atoms with E-state index in [1.807, 2.05) is 0 Å². The second-order valence-corrected chi connectivity index (χ2v) is 3.23. The van der Waals surface area contributed by atoms with Crippen LogP contribution in [0.2, 0.25) is 0 Å². The van der Waals surface area contributed by atoms with Gasteiger partial charge in [-0.3, -0.25) is 0 Å². The van der Waals surface area contributed by atoms with Gasteiger partial charge in [0, 0.05) is 6.54 Å². The summed E-state index contributed by atoms with van der Waals surface area (Å²) in [6.07, 6.45) is 7.32. The molecule has 0 atom stereocenters. The summed E-state index contributed by atoms with van der Waals surface area (Å²) >= 11 is 0. The Labute approximate surface area is 77.2 Å². The van der Waals surface area contributed by atoms with Crippen molar-refractivity contribution in [3.8, 4) is 0 Å². The predicted octanol–water partition coefficient (Wildman–Crippen LogP) is 3.12. The summed E-state index contributed by atoms with van der Waals surface area (Å²) in [4.78, 5) is 0. The molecule has 12 heavy (non-hydrogen) atoms. The van der Waals surface area contributed by atoms with E-state index < -0.39 is 0 Å². The quantitative estimate of drug-likeness (QED) is 0.456. The number of hydrogen-bond donors (Lipinski definition) is 1. The van der Waals surface area contributed by atoms with Crippen LogP contribution in [0.4, 0.5) is 0 Å². The molecule has 1 heteroatoms. The van der Waals surface area contributed by atoms with Crippen molar-refractivity contribution in [3.63, 3.8) is 0 Å². The summed E-state index contributed by atoms with van der Waals surface area (Å²) < 4.78 is 0. The molecular formula is C11H23N. The zero-order valence-electron chi connectivity index (χ0n) is 8.82. The molecule has 0 aliphatic rings. The fourth-order valence-electron chi connectivity index (χ4n) is 1.21. The van der Waals surface area contributed by atoms with Crippen LogP contribution in [0.1, 0.15) is 46.5 Å². The Hall–Kier alpha value is -0.300. The Kier molecular flexibility index (Phi) is 8.57. The van der Waals surface area contributed by atoms with Crippen LogP contribution in [0.3, 0.4) is 0 Å². The van der Waals surface area contributed by atoms with Crippen LogP contribution >= 0.6 is 0 Å². The monoisotopic (exact) mass is 169 g/mol. The minimum Gasteiger partial charge on any atom is -0.313 e. The van der Waals surface area contributed by atoms with Gasteiger partial charge >= 0.3 is 0 Å². The Morgan fingerprint density at radius 2 is 2.00 bits per heavy atom. The summed E-state index contributed by atoms with van der Waals surface area (Å²) in [6.45, 7) is 8.84. The molecule has 0 aromatic rings. The smallest absolute Gasteiger partial charge is 0.0164 e. The van der Waals surface area contributed by atoms with Crippen molar-refractivity contribution in [2.75, 3.05) is 13.1 Å². The highest BCUT2D eigenvalue weighted by molar-refractivity contribution is 5.01. The molecule has 0 spiro atoms. The largest absolute Gasteiger partial charge is 0.313 e. The SMILES string of the molecule is C/C=C(\CCC)CNCCCC. The second-order valence-electron chi connectivity index (χ2n) is 3.23. The summed E-state index contributed by atoms with van der Waals surface area (Å²) in [5.74, 6) is 0. The summed E-state index contributed by atoms with van der Waals surface area (Å²) in [5.41, 5.74) is 1.55. The lowest BCUT2D eigenvalue weighted by molar-refractivity contribution is 0.658. The molecule has 72 valence electrons. The zero-order valence-corrected chi connectivity index (χ0v) is 8.82. The average Bonchev–Trinajstić information content (AvgIpc) is 2.10.